The van der Waals surface area contributed by atoms with Crippen molar-refractivity contribution in [1.29, 1.82) is 0 Å². The van der Waals surface area contributed by atoms with Gasteiger partial charge in [0.1, 0.15) is 5.56 Å². The molecule has 4 nitrogen and oxygen atoms in total. The number of rotatable bonds is 3. The summed E-state index contributed by atoms with van der Waals surface area (Å²) in [6.07, 6.45) is 6.51. The Kier molecular flexibility index (Phi) is 3.21. The Hall–Kier alpha value is -1.88. The van der Waals surface area contributed by atoms with Gasteiger partial charge in [0.05, 0.1) is 6.54 Å². The Bertz CT molecular complexity index is 651. The number of hydrogen-bond acceptors (Lipinski definition) is 3. The Morgan fingerprint density at radius 2 is 2.32 bits per heavy atom. The molecule has 1 aliphatic carbocycles. The minimum atomic E-state index is -0.324. The third-order valence-electron chi connectivity index (χ3n) is 3.29. The van der Waals surface area contributed by atoms with Crippen LogP contribution < -0.4 is 10.7 Å². The summed E-state index contributed by atoms with van der Waals surface area (Å²) in [7, 11) is 0. The van der Waals surface area contributed by atoms with Crippen LogP contribution >= 0.6 is 11.3 Å². The van der Waals surface area contributed by atoms with Crippen LogP contribution in [-0.2, 0) is 19.4 Å². The van der Waals surface area contributed by atoms with Gasteiger partial charge in [-0.1, -0.05) is 0 Å². The Labute approximate surface area is 114 Å². The van der Waals surface area contributed by atoms with E-state index in [-0.39, 0.29) is 16.9 Å². The molecule has 2 aromatic rings. The van der Waals surface area contributed by atoms with Crippen molar-refractivity contribution in [2.45, 2.75) is 25.8 Å². The van der Waals surface area contributed by atoms with Crippen LogP contribution in [0.4, 0.5) is 0 Å². The monoisotopic (exact) mass is 274 g/mol. The molecule has 2 heterocycles. The van der Waals surface area contributed by atoms with Crippen molar-refractivity contribution < 1.29 is 4.79 Å². The zero-order valence-corrected chi connectivity index (χ0v) is 11.2. The number of fused-ring (bicyclic) bond motifs is 1. The smallest absolute Gasteiger partial charge is 0.257 e. The van der Waals surface area contributed by atoms with E-state index in [0.717, 1.165) is 17.7 Å². The zero-order valence-electron chi connectivity index (χ0n) is 10.4. The summed E-state index contributed by atoms with van der Waals surface area (Å²) in [5.41, 5.74) is 1.32. The maximum absolute atomic E-state index is 11.9. The average molecular weight is 274 g/mol. The quantitative estimate of drug-likeness (QED) is 0.897. The number of aromatic nitrogens is 1. The molecule has 0 bridgehead atoms. The topological polar surface area (TPSA) is 62.0 Å². The first-order valence-electron chi connectivity index (χ1n) is 6.30. The number of H-pyrrole nitrogens is 1. The summed E-state index contributed by atoms with van der Waals surface area (Å²) in [6, 6.07) is 3.52. The third-order valence-corrected chi connectivity index (χ3v) is 4.53. The number of aryl methyl sites for hydroxylation is 2. The van der Waals surface area contributed by atoms with Gasteiger partial charge in [0, 0.05) is 28.2 Å². The Balaban J connectivity index is 1.67. The van der Waals surface area contributed by atoms with Gasteiger partial charge in [-0.05, 0) is 30.9 Å². The predicted octanol–water partition coefficient (Wildman–Crippen LogP) is 1.86. The van der Waals surface area contributed by atoms with Crippen molar-refractivity contribution in [3.63, 3.8) is 0 Å². The molecule has 1 amide bonds. The van der Waals surface area contributed by atoms with Crippen LogP contribution in [0.2, 0.25) is 0 Å². The molecule has 0 fully saturated rings. The molecule has 0 aromatic carbocycles. The van der Waals surface area contributed by atoms with E-state index in [1.54, 1.807) is 11.3 Å². The van der Waals surface area contributed by atoms with E-state index in [9.17, 15) is 9.59 Å². The van der Waals surface area contributed by atoms with Gasteiger partial charge in [0.15, 0.2) is 5.43 Å². The number of carbonyl (C=O) groups is 1. The Morgan fingerprint density at radius 3 is 3.11 bits per heavy atom. The van der Waals surface area contributed by atoms with Crippen LogP contribution in [0.5, 0.6) is 0 Å². The molecule has 2 N–H and O–H groups in total. The van der Waals surface area contributed by atoms with Gasteiger partial charge in [-0.25, -0.2) is 0 Å². The van der Waals surface area contributed by atoms with Crippen molar-refractivity contribution in [3.05, 3.63) is 55.6 Å². The van der Waals surface area contributed by atoms with Crippen molar-refractivity contribution in [2.24, 2.45) is 0 Å². The summed E-state index contributed by atoms with van der Waals surface area (Å²) in [5, 5.41) is 2.80. The lowest BCUT2D eigenvalue weighted by atomic mass is 10.2. The molecule has 0 radical (unpaired) electrons. The van der Waals surface area contributed by atoms with E-state index in [1.165, 1.54) is 35.3 Å². The number of carbonyl (C=O) groups excluding carboxylic acids is 1. The molecule has 0 atom stereocenters. The molecule has 2 aromatic heterocycles. The second-order valence-electron chi connectivity index (χ2n) is 4.62. The van der Waals surface area contributed by atoms with Gasteiger partial charge >= 0.3 is 0 Å². The minimum absolute atomic E-state index is 0.159. The molecular formula is C14H14N2O2S. The highest BCUT2D eigenvalue weighted by molar-refractivity contribution is 7.12. The molecule has 3 rings (SSSR count). The molecule has 0 spiro atoms. The summed E-state index contributed by atoms with van der Waals surface area (Å²) in [4.78, 5) is 28.8. The van der Waals surface area contributed by atoms with E-state index >= 15 is 0 Å². The number of pyridine rings is 1. The zero-order chi connectivity index (χ0) is 13.2. The number of thiophene rings is 1. The highest BCUT2D eigenvalue weighted by Crippen LogP contribution is 2.30. The number of amides is 1. The standard InChI is InChI=1S/C14H14N2O2S/c17-12-4-5-15-8-11(12)14(18)16-7-10-6-9-2-1-3-13(9)19-10/h4-6,8H,1-3,7H2,(H,15,17)(H,16,18). The number of hydrogen-bond donors (Lipinski definition) is 2. The largest absolute Gasteiger partial charge is 0.367 e. The van der Waals surface area contributed by atoms with Crippen LogP contribution in [0.25, 0.3) is 0 Å². The van der Waals surface area contributed by atoms with Gasteiger partial charge in [0.2, 0.25) is 0 Å². The minimum Gasteiger partial charge on any atom is -0.367 e. The second-order valence-corrected chi connectivity index (χ2v) is 5.84. The third kappa shape index (κ3) is 2.46. The average Bonchev–Trinajstić information content (AvgIpc) is 2.97. The summed E-state index contributed by atoms with van der Waals surface area (Å²) < 4.78 is 0. The van der Waals surface area contributed by atoms with Gasteiger partial charge in [-0.3, -0.25) is 9.59 Å². The molecule has 98 valence electrons. The summed E-state index contributed by atoms with van der Waals surface area (Å²) in [6.45, 7) is 0.491. The molecular weight excluding hydrogens is 260 g/mol. The van der Waals surface area contributed by atoms with Crippen molar-refractivity contribution >= 4 is 17.2 Å². The Morgan fingerprint density at radius 1 is 1.42 bits per heavy atom. The molecule has 0 saturated carbocycles. The maximum atomic E-state index is 11.9. The van der Waals surface area contributed by atoms with E-state index in [2.05, 4.69) is 16.4 Å². The van der Waals surface area contributed by atoms with Crippen molar-refractivity contribution in [3.8, 4) is 0 Å². The highest BCUT2D eigenvalue weighted by Gasteiger charge is 2.15. The van der Waals surface area contributed by atoms with Crippen molar-refractivity contribution in [1.82, 2.24) is 10.3 Å². The van der Waals surface area contributed by atoms with Gasteiger partial charge in [-0.2, -0.15) is 0 Å². The molecule has 19 heavy (non-hydrogen) atoms. The predicted molar refractivity (Wildman–Crippen MR) is 74.6 cm³/mol. The second kappa shape index (κ2) is 5.01. The number of nitrogens with one attached hydrogen (secondary N) is 2. The van der Waals surface area contributed by atoms with Gasteiger partial charge in [0.25, 0.3) is 5.91 Å². The highest BCUT2D eigenvalue weighted by atomic mass is 32.1. The van der Waals surface area contributed by atoms with Gasteiger partial charge < -0.3 is 10.3 Å². The fourth-order valence-electron chi connectivity index (χ4n) is 2.33. The molecule has 0 unspecified atom stereocenters. The van der Waals surface area contributed by atoms with E-state index in [0.29, 0.717) is 6.54 Å². The molecule has 0 saturated heterocycles. The van der Waals surface area contributed by atoms with Crippen LogP contribution in [0.15, 0.2) is 29.3 Å². The first-order chi connectivity index (χ1) is 9.24. The molecule has 0 aliphatic heterocycles. The van der Waals surface area contributed by atoms with E-state index in [1.807, 2.05) is 0 Å². The fourth-order valence-corrected chi connectivity index (χ4v) is 3.53. The fraction of sp³-hybridized carbons (Fsp3) is 0.286. The van der Waals surface area contributed by atoms with Crippen LogP contribution in [0, 0.1) is 0 Å². The SMILES string of the molecule is O=C(NCc1cc2c(s1)CCC2)c1c[nH]ccc1=O. The van der Waals surface area contributed by atoms with Crippen LogP contribution in [-0.4, -0.2) is 10.9 Å². The lowest BCUT2D eigenvalue weighted by Crippen LogP contribution is -2.27. The van der Waals surface area contributed by atoms with Gasteiger partial charge in [-0.15, -0.1) is 11.3 Å². The first-order valence-corrected chi connectivity index (χ1v) is 7.11. The molecule has 1 aliphatic rings. The van der Waals surface area contributed by atoms with Crippen molar-refractivity contribution in [2.75, 3.05) is 0 Å². The first kappa shape index (κ1) is 12.2. The lowest BCUT2D eigenvalue weighted by Gasteiger charge is -2.02. The summed E-state index contributed by atoms with van der Waals surface area (Å²) >= 11 is 1.76. The lowest BCUT2D eigenvalue weighted by molar-refractivity contribution is 0.0950. The van der Waals surface area contributed by atoms with E-state index in [4.69, 9.17) is 0 Å². The van der Waals surface area contributed by atoms with Crippen LogP contribution in [0.1, 0.15) is 32.1 Å². The molecule has 5 heteroatoms. The number of aromatic amines is 1. The summed E-state index contributed by atoms with van der Waals surface area (Å²) in [5.74, 6) is -0.324. The normalized spacial score (nSPS) is 13.3. The maximum Gasteiger partial charge on any atom is 0.257 e. The van der Waals surface area contributed by atoms with Crippen LogP contribution in [0.3, 0.4) is 0 Å². The van der Waals surface area contributed by atoms with E-state index < -0.39 is 0 Å².